The molecule has 0 unspecified atom stereocenters. The molecular formula is C26H26ClFN4O. The summed E-state index contributed by atoms with van der Waals surface area (Å²) in [6.45, 7) is 12.5. The maximum atomic E-state index is 14.3. The number of nitrogens with zero attached hydrogens (tertiary/aromatic N) is 4. The van der Waals surface area contributed by atoms with Gasteiger partial charge in [-0.1, -0.05) is 25.3 Å². The molecule has 4 aromatic rings. The van der Waals surface area contributed by atoms with Crippen molar-refractivity contribution in [1.29, 1.82) is 0 Å². The van der Waals surface area contributed by atoms with E-state index in [-0.39, 0.29) is 18.0 Å². The maximum Gasteiger partial charge on any atom is 0.261 e. The van der Waals surface area contributed by atoms with Gasteiger partial charge in [0.2, 0.25) is 0 Å². The predicted octanol–water partition coefficient (Wildman–Crippen LogP) is 5.85. The quantitative estimate of drug-likeness (QED) is 0.348. The van der Waals surface area contributed by atoms with Gasteiger partial charge < -0.3 is 0 Å². The molecule has 0 spiro atoms. The SMILES string of the molecule is C=C/C(=C\C(=C)C(C)(C)F)c1cc2n(C)c(=O)c3ccc(-c4ccnc(C)c4)cc3n2n1.Cl. The van der Waals surface area contributed by atoms with Crippen LogP contribution in [0.25, 0.3) is 33.3 Å². The van der Waals surface area contributed by atoms with Crippen LogP contribution in [0.15, 0.2) is 78.3 Å². The second-order valence-corrected chi connectivity index (χ2v) is 8.38. The summed E-state index contributed by atoms with van der Waals surface area (Å²) in [6.07, 6.45) is 5.02. The minimum Gasteiger partial charge on any atom is -0.296 e. The number of aromatic nitrogens is 4. The van der Waals surface area contributed by atoms with Crippen LogP contribution in [0.1, 0.15) is 25.2 Å². The van der Waals surface area contributed by atoms with Gasteiger partial charge in [-0.05, 0) is 67.8 Å². The highest BCUT2D eigenvalue weighted by Gasteiger charge is 2.20. The Morgan fingerprint density at radius 3 is 2.48 bits per heavy atom. The van der Waals surface area contributed by atoms with Crippen molar-refractivity contribution in [1.82, 2.24) is 19.2 Å². The number of benzene rings is 1. The minimum atomic E-state index is -1.56. The van der Waals surface area contributed by atoms with Gasteiger partial charge in [-0.25, -0.2) is 8.91 Å². The van der Waals surface area contributed by atoms with Crippen LogP contribution in [0.2, 0.25) is 0 Å². The Kier molecular flexibility index (Phi) is 6.43. The summed E-state index contributed by atoms with van der Waals surface area (Å²) in [5, 5.41) is 5.30. The van der Waals surface area contributed by atoms with Crippen molar-refractivity contribution in [3.63, 3.8) is 0 Å². The first-order chi connectivity index (χ1) is 15.1. The summed E-state index contributed by atoms with van der Waals surface area (Å²) in [5.74, 6) is 0. The van der Waals surface area contributed by atoms with Crippen molar-refractivity contribution >= 4 is 34.5 Å². The molecule has 0 aliphatic carbocycles. The maximum absolute atomic E-state index is 14.3. The van der Waals surface area contributed by atoms with E-state index < -0.39 is 5.67 Å². The number of pyridine rings is 1. The van der Waals surface area contributed by atoms with Gasteiger partial charge in [0.05, 0.1) is 16.6 Å². The van der Waals surface area contributed by atoms with E-state index >= 15 is 0 Å². The van der Waals surface area contributed by atoms with Crippen LogP contribution in [0, 0.1) is 6.92 Å². The molecule has 3 heterocycles. The molecule has 0 saturated carbocycles. The van der Waals surface area contributed by atoms with Crippen molar-refractivity contribution in [2.45, 2.75) is 26.4 Å². The molecular weight excluding hydrogens is 439 g/mol. The zero-order valence-electron chi connectivity index (χ0n) is 19.1. The van der Waals surface area contributed by atoms with E-state index in [0.717, 1.165) is 16.8 Å². The summed E-state index contributed by atoms with van der Waals surface area (Å²) in [5.41, 5.74) is 4.04. The fourth-order valence-electron chi connectivity index (χ4n) is 3.60. The first-order valence-corrected chi connectivity index (χ1v) is 10.3. The Hall–Kier alpha value is -3.51. The molecule has 0 atom stereocenters. The van der Waals surface area contributed by atoms with E-state index in [4.69, 9.17) is 5.10 Å². The number of aryl methyl sites for hydroxylation is 2. The lowest BCUT2D eigenvalue weighted by molar-refractivity contribution is 0.275. The smallest absolute Gasteiger partial charge is 0.261 e. The molecule has 0 aliphatic rings. The molecule has 4 rings (SSSR count). The molecule has 170 valence electrons. The van der Waals surface area contributed by atoms with Crippen molar-refractivity contribution in [2.24, 2.45) is 7.05 Å². The normalized spacial score (nSPS) is 12.1. The van der Waals surface area contributed by atoms with E-state index in [2.05, 4.69) is 18.1 Å². The lowest BCUT2D eigenvalue weighted by atomic mass is 9.98. The van der Waals surface area contributed by atoms with Gasteiger partial charge in [0.1, 0.15) is 11.3 Å². The first-order valence-electron chi connectivity index (χ1n) is 10.3. The third-order valence-corrected chi connectivity index (χ3v) is 5.63. The number of hydrogen-bond donors (Lipinski definition) is 0. The van der Waals surface area contributed by atoms with Crippen molar-refractivity contribution < 1.29 is 4.39 Å². The minimum absolute atomic E-state index is 0. The van der Waals surface area contributed by atoms with E-state index in [1.807, 2.05) is 37.3 Å². The van der Waals surface area contributed by atoms with E-state index in [1.54, 1.807) is 40.5 Å². The first kappa shape index (κ1) is 24.1. The molecule has 0 amide bonds. The molecule has 0 bridgehead atoms. The van der Waals surface area contributed by atoms with Gasteiger partial charge >= 0.3 is 0 Å². The molecule has 5 nitrogen and oxygen atoms in total. The second-order valence-electron chi connectivity index (χ2n) is 8.38. The van der Waals surface area contributed by atoms with Gasteiger partial charge in [-0.15, -0.1) is 12.4 Å². The average Bonchev–Trinajstić information content (AvgIpc) is 3.20. The van der Waals surface area contributed by atoms with Crippen LogP contribution in [0.3, 0.4) is 0 Å². The van der Waals surface area contributed by atoms with Crippen LogP contribution in [0.5, 0.6) is 0 Å². The van der Waals surface area contributed by atoms with E-state index in [9.17, 15) is 9.18 Å². The van der Waals surface area contributed by atoms with Crippen LogP contribution in [-0.4, -0.2) is 24.8 Å². The Morgan fingerprint density at radius 2 is 1.85 bits per heavy atom. The van der Waals surface area contributed by atoms with Crippen LogP contribution in [0.4, 0.5) is 4.39 Å². The summed E-state index contributed by atoms with van der Waals surface area (Å²) >= 11 is 0. The number of fused-ring (bicyclic) bond motifs is 3. The Balaban J connectivity index is 0.00000306. The lowest BCUT2D eigenvalue weighted by Crippen LogP contribution is -2.19. The summed E-state index contributed by atoms with van der Waals surface area (Å²) < 4.78 is 17.6. The fraction of sp³-hybridized carbons (Fsp3) is 0.192. The third-order valence-electron chi connectivity index (χ3n) is 5.63. The second kappa shape index (κ2) is 8.79. The number of hydrogen-bond acceptors (Lipinski definition) is 3. The van der Waals surface area contributed by atoms with Crippen molar-refractivity contribution in [2.75, 3.05) is 0 Å². The molecule has 3 aromatic heterocycles. The average molecular weight is 465 g/mol. The van der Waals surface area contributed by atoms with Crippen LogP contribution < -0.4 is 5.56 Å². The zero-order chi connectivity index (χ0) is 23.2. The van der Waals surface area contributed by atoms with Gasteiger partial charge in [0.15, 0.2) is 0 Å². The fourth-order valence-corrected chi connectivity index (χ4v) is 3.60. The molecule has 33 heavy (non-hydrogen) atoms. The predicted molar refractivity (Wildman–Crippen MR) is 136 cm³/mol. The Labute approximate surface area is 198 Å². The van der Waals surface area contributed by atoms with Gasteiger partial charge in [-0.3, -0.25) is 14.3 Å². The number of halogens is 2. The van der Waals surface area contributed by atoms with E-state index in [0.29, 0.717) is 33.4 Å². The zero-order valence-corrected chi connectivity index (χ0v) is 19.9. The molecule has 1 aromatic carbocycles. The molecule has 0 N–H and O–H groups in total. The number of rotatable bonds is 5. The standard InChI is InChI=1S/C26H25FN4O.ClH/c1-7-18(12-16(2)26(4,5)27)22-15-24-30(6)25(32)21-9-8-19(14-23(21)31(24)29-22)20-10-11-28-17(3)13-20;/h7-15H,1-2H2,3-6H3;1H/b18-12+;. The summed E-state index contributed by atoms with van der Waals surface area (Å²) in [7, 11) is 1.71. The third kappa shape index (κ3) is 4.39. The number of alkyl halides is 1. The highest BCUT2D eigenvalue weighted by atomic mass is 35.5. The van der Waals surface area contributed by atoms with Crippen molar-refractivity contribution in [3.8, 4) is 11.1 Å². The highest BCUT2D eigenvalue weighted by molar-refractivity contribution is 5.87. The molecule has 0 radical (unpaired) electrons. The van der Waals surface area contributed by atoms with Crippen molar-refractivity contribution in [3.05, 3.63) is 95.2 Å². The lowest BCUT2D eigenvalue weighted by Gasteiger charge is -2.14. The molecule has 7 heteroatoms. The molecule has 0 fully saturated rings. The summed E-state index contributed by atoms with van der Waals surface area (Å²) in [4.78, 5) is 17.3. The van der Waals surface area contributed by atoms with E-state index in [1.165, 1.54) is 13.8 Å². The Morgan fingerprint density at radius 1 is 1.15 bits per heavy atom. The molecule has 0 aliphatic heterocycles. The monoisotopic (exact) mass is 464 g/mol. The topological polar surface area (TPSA) is 52.2 Å². The largest absolute Gasteiger partial charge is 0.296 e. The van der Waals surface area contributed by atoms with Gasteiger partial charge in [0.25, 0.3) is 5.56 Å². The summed E-state index contributed by atoms with van der Waals surface area (Å²) in [6, 6.07) is 11.4. The molecule has 0 saturated heterocycles. The highest BCUT2D eigenvalue weighted by Crippen LogP contribution is 2.27. The van der Waals surface area contributed by atoms with Crippen LogP contribution in [-0.2, 0) is 7.05 Å². The van der Waals surface area contributed by atoms with Gasteiger partial charge in [-0.2, -0.15) is 5.10 Å². The number of allylic oxidation sites excluding steroid dienone is 4. The Bertz CT molecular complexity index is 1490. The van der Waals surface area contributed by atoms with Crippen LogP contribution >= 0.6 is 12.4 Å². The van der Waals surface area contributed by atoms with Gasteiger partial charge in [0, 0.05) is 30.6 Å².